The van der Waals surface area contributed by atoms with Gasteiger partial charge in [0.1, 0.15) is 5.15 Å². The summed E-state index contributed by atoms with van der Waals surface area (Å²) in [6.45, 7) is 4.64. The van der Waals surface area contributed by atoms with Crippen LogP contribution in [0.1, 0.15) is 45.6 Å². The van der Waals surface area contributed by atoms with Crippen LogP contribution in [0, 0.1) is 11.8 Å². The average molecular weight is 389 g/mol. The van der Waals surface area contributed by atoms with E-state index < -0.39 is 0 Å². The quantitative estimate of drug-likeness (QED) is 0.502. The van der Waals surface area contributed by atoms with Crippen LogP contribution in [-0.2, 0) is 0 Å². The fourth-order valence-electron chi connectivity index (χ4n) is 4.08. The number of nitrogens with zero attached hydrogens (tertiary/aromatic N) is 4. The third-order valence-corrected chi connectivity index (χ3v) is 6.08. The molecule has 0 radical (unpaired) electrons. The number of hydrogen-bond donors (Lipinski definition) is 0. The van der Waals surface area contributed by atoms with E-state index in [1.165, 1.54) is 25.7 Å². The van der Waals surface area contributed by atoms with E-state index in [2.05, 4.69) is 33.4 Å². The zero-order chi connectivity index (χ0) is 18.3. The first-order chi connectivity index (χ1) is 12.5. The van der Waals surface area contributed by atoms with Gasteiger partial charge in [-0.2, -0.15) is 0 Å². The molecular weight excluding hydrogens is 367 g/mol. The molecule has 4 nitrogen and oxygen atoms in total. The standard InChI is InChI=1S/C20H22Cl2N4/c1-12-3-5-14(6-4-12)13(2)26-11-24-17-8-18(22)25-19(20(17)26)15-7-16(21)10-23-9-15/h7-14H,3-6H2,1-2H3. The smallest absolute Gasteiger partial charge is 0.132 e. The molecule has 1 aliphatic rings. The molecule has 3 heterocycles. The minimum absolute atomic E-state index is 0.362. The van der Waals surface area contributed by atoms with Gasteiger partial charge in [0.2, 0.25) is 0 Å². The summed E-state index contributed by atoms with van der Waals surface area (Å²) in [5.74, 6) is 1.50. The summed E-state index contributed by atoms with van der Waals surface area (Å²) in [7, 11) is 0. The molecule has 0 N–H and O–H groups in total. The maximum atomic E-state index is 6.25. The van der Waals surface area contributed by atoms with E-state index in [1.54, 1.807) is 12.4 Å². The molecule has 3 aromatic heterocycles. The summed E-state index contributed by atoms with van der Waals surface area (Å²) in [5, 5.41) is 1.01. The van der Waals surface area contributed by atoms with Crippen LogP contribution in [0.4, 0.5) is 0 Å². The lowest BCUT2D eigenvalue weighted by Gasteiger charge is -2.32. The van der Waals surface area contributed by atoms with Crippen molar-refractivity contribution in [2.24, 2.45) is 11.8 Å². The van der Waals surface area contributed by atoms with E-state index in [9.17, 15) is 0 Å². The monoisotopic (exact) mass is 388 g/mol. The highest BCUT2D eigenvalue weighted by Gasteiger charge is 2.26. The van der Waals surface area contributed by atoms with Gasteiger partial charge in [-0.3, -0.25) is 4.98 Å². The molecule has 1 saturated carbocycles. The van der Waals surface area contributed by atoms with Gasteiger partial charge in [-0.15, -0.1) is 0 Å². The first-order valence-corrected chi connectivity index (χ1v) is 9.92. The number of pyridine rings is 2. The molecule has 26 heavy (non-hydrogen) atoms. The fourth-order valence-corrected chi connectivity index (χ4v) is 4.44. The normalized spacial score (nSPS) is 21.8. The highest BCUT2D eigenvalue weighted by molar-refractivity contribution is 6.31. The van der Waals surface area contributed by atoms with Gasteiger partial charge in [-0.25, -0.2) is 9.97 Å². The number of imidazole rings is 1. The number of aromatic nitrogens is 4. The molecular formula is C20H22Cl2N4. The molecule has 1 unspecified atom stereocenters. The Morgan fingerprint density at radius 3 is 2.62 bits per heavy atom. The molecule has 0 aliphatic heterocycles. The molecule has 1 aliphatic carbocycles. The predicted octanol–water partition coefficient (Wildman–Crippen LogP) is 6.19. The number of halogens is 2. The second-order valence-corrected chi connectivity index (χ2v) is 8.29. The lowest BCUT2D eigenvalue weighted by Crippen LogP contribution is -2.21. The summed E-state index contributed by atoms with van der Waals surface area (Å²) in [5.41, 5.74) is 3.51. The van der Waals surface area contributed by atoms with Crippen molar-refractivity contribution in [1.82, 2.24) is 19.5 Å². The molecule has 136 valence electrons. The lowest BCUT2D eigenvalue weighted by molar-refractivity contribution is 0.227. The molecule has 4 rings (SSSR count). The van der Waals surface area contributed by atoms with Crippen LogP contribution in [0.5, 0.6) is 0 Å². The first kappa shape index (κ1) is 17.7. The van der Waals surface area contributed by atoms with Crippen molar-refractivity contribution < 1.29 is 0 Å². The van der Waals surface area contributed by atoms with Crippen LogP contribution in [0.3, 0.4) is 0 Å². The molecule has 1 fully saturated rings. The van der Waals surface area contributed by atoms with Gasteiger partial charge in [0.25, 0.3) is 0 Å². The Morgan fingerprint density at radius 2 is 1.88 bits per heavy atom. The van der Waals surface area contributed by atoms with Crippen LogP contribution < -0.4 is 0 Å². The number of rotatable bonds is 3. The van der Waals surface area contributed by atoms with E-state index in [1.807, 2.05) is 18.5 Å². The summed E-state index contributed by atoms with van der Waals surface area (Å²) in [4.78, 5) is 13.4. The molecule has 0 amide bonds. The first-order valence-electron chi connectivity index (χ1n) is 9.17. The lowest BCUT2D eigenvalue weighted by atomic mass is 9.79. The molecule has 1 atom stereocenters. The van der Waals surface area contributed by atoms with Gasteiger partial charge >= 0.3 is 0 Å². The Kier molecular flexibility index (Phi) is 4.89. The summed E-state index contributed by atoms with van der Waals surface area (Å²) < 4.78 is 2.26. The van der Waals surface area contributed by atoms with E-state index in [-0.39, 0.29) is 0 Å². The van der Waals surface area contributed by atoms with Gasteiger partial charge in [-0.05, 0) is 37.7 Å². The maximum Gasteiger partial charge on any atom is 0.132 e. The minimum atomic E-state index is 0.362. The van der Waals surface area contributed by atoms with Crippen molar-refractivity contribution in [1.29, 1.82) is 0 Å². The van der Waals surface area contributed by atoms with Gasteiger partial charge in [0, 0.05) is 30.1 Å². The average Bonchev–Trinajstić information content (AvgIpc) is 3.04. The largest absolute Gasteiger partial charge is 0.326 e. The van der Waals surface area contributed by atoms with Crippen molar-refractivity contribution in [3.63, 3.8) is 0 Å². The Balaban J connectivity index is 1.81. The fraction of sp³-hybridized carbons (Fsp3) is 0.450. The highest BCUT2D eigenvalue weighted by Crippen LogP contribution is 2.38. The minimum Gasteiger partial charge on any atom is -0.326 e. The van der Waals surface area contributed by atoms with Crippen molar-refractivity contribution >= 4 is 34.2 Å². The van der Waals surface area contributed by atoms with E-state index in [4.69, 9.17) is 23.2 Å². The Labute approximate surface area is 163 Å². The van der Waals surface area contributed by atoms with Crippen molar-refractivity contribution in [2.45, 2.75) is 45.6 Å². The van der Waals surface area contributed by atoms with E-state index in [0.717, 1.165) is 28.2 Å². The molecule has 0 bridgehead atoms. The van der Waals surface area contributed by atoms with E-state index >= 15 is 0 Å². The zero-order valence-corrected chi connectivity index (χ0v) is 16.5. The Bertz CT molecular complexity index is 929. The molecule has 0 saturated heterocycles. The Morgan fingerprint density at radius 1 is 1.12 bits per heavy atom. The molecule has 6 heteroatoms. The number of hydrogen-bond acceptors (Lipinski definition) is 3. The molecule has 0 aromatic carbocycles. The molecule has 3 aromatic rings. The molecule has 0 spiro atoms. The zero-order valence-electron chi connectivity index (χ0n) is 15.0. The summed E-state index contributed by atoms with van der Waals surface area (Å²) in [6, 6.07) is 4.06. The van der Waals surface area contributed by atoms with Gasteiger partial charge in [-0.1, -0.05) is 43.0 Å². The third-order valence-electron chi connectivity index (χ3n) is 5.68. The number of fused-ring (bicyclic) bond motifs is 1. The van der Waals surface area contributed by atoms with Crippen molar-refractivity contribution in [2.75, 3.05) is 0 Å². The van der Waals surface area contributed by atoms with Crippen LogP contribution in [0.2, 0.25) is 10.2 Å². The van der Waals surface area contributed by atoms with Crippen molar-refractivity contribution in [3.8, 4) is 11.3 Å². The highest BCUT2D eigenvalue weighted by atomic mass is 35.5. The SMILES string of the molecule is CC1CCC(C(C)n2cnc3cc(Cl)nc(-c4cncc(Cl)c4)c32)CC1. The van der Waals surface area contributed by atoms with Crippen molar-refractivity contribution in [3.05, 3.63) is 41.0 Å². The summed E-state index contributed by atoms with van der Waals surface area (Å²) in [6.07, 6.45) is 10.4. The van der Waals surface area contributed by atoms with Crippen LogP contribution in [0.15, 0.2) is 30.9 Å². The van der Waals surface area contributed by atoms with Gasteiger partial charge in [0.05, 0.1) is 28.1 Å². The Hall–Kier alpha value is -1.65. The second-order valence-electron chi connectivity index (χ2n) is 7.47. The predicted molar refractivity (Wildman–Crippen MR) is 107 cm³/mol. The second kappa shape index (κ2) is 7.16. The topological polar surface area (TPSA) is 43.6 Å². The van der Waals surface area contributed by atoms with Gasteiger partial charge in [0.15, 0.2) is 0 Å². The van der Waals surface area contributed by atoms with Crippen LogP contribution >= 0.6 is 23.2 Å². The van der Waals surface area contributed by atoms with E-state index in [0.29, 0.717) is 22.1 Å². The summed E-state index contributed by atoms with van der Waals surface area (Å²) >= 11 is 12.4. The van der Waals surface area contributed by atoms with Crippen LogP contribution in [0.25, 0.3) is 22.3 Å². The van der Waals surface area contributed by atoms with Crippen LogP contribution in [-0.4, -0.2) is 19.5 Å². The third kappa shape index (κ3) is 3.33. The maximum absolute atomic E-state index is 6.25. The van der Waals surface area contributed by atoms with Gasteiger partial charge < -0.3 is 4.57 Å².